The molecule has 0 bridgehead atoms. The Bertz CT molecular complexity index is 1330. The molecule has 4 aromatic rings. The summed E-state index contributed by atoms with van der Waals surface area (Å²) in [6, 6.07) is 23.9. The van der Waals surface area contributed by atoms with Gasteiger partial charge in [0.25, 0.3) is 5.91 Å². The number of nitrogens with one attached hydrogen (secondary N) is 1. The van der Waals surface area contributed by atoms with Crippen LogP contribution in [0, 0.1) is 0 Å². The van der Waals surface area contributed by atoms with Gasteiger partial charge in [-0.1, -0.05) is 60.7 Å². The molecular weight excluding hydrogens is 426 g/mol. The Morgan fingerprint density at radius 3 is 2.12 bits per heavy atom. The summed E-state index contributed by atoms with van der Waals surface area (Å²) in [5.41, 5.74) is 5.27. The second-order valence-electron chi connectivity index (χ2n) is 8.38. The summed E-state index contributed by atoms with van der Waals surface area (Å²) in [7, 11) is 4.62. The van der Waals surface area contributed by atoms with Crippen molar-refractivity contribution in [3.05, 3.63) is 101 Å². The summed E-state index contributed by atoms with van der Waals surface area (Å²) in [4.78, 5) is 13.6. The van der Waals surface area contributed by atoms with Crippen LogP contribution in [0.4, 0.5) is 0 Å². The van der Waals surface area contributed by atoms with E-state index in [1.807, 2.05) is 30.3 Å². The Hall–Kier alpha value is -3.99. The van der Waals surface area contributed by atoms with Crippen molar-refractivity contribution in [3.8, 4) is 17.2 Å². The largest absolute Gasteiger partial charge is 0.493 e. The summed E-state index contributed by atoms with van der Waals surface area (Å²) >= 11 is 0. The topological polar surface area (TPSA) is 56.8 Å². The molecule has 1 N–H and O–H groups in total. The average molecular weight is 454 g/mol. The Labute approximate surface area is 199 Å². The van der Waals surface area contributed by atoms with Gasteiger partial charge in [-0.05, 0) is 58.0 Å². The van der Waals surface area contributed by atoms with Crippen LogP contribution in [-0.2, 0) is 12.8 Å². The molecule has 5 nitrogen and oxygen atoms in total. The minimum Gasteiger partial charge on any atom is -0.493 e. The number of amides is 1. The van der Waals surface area contributed by atoms with Crippen LogP contribution < -0.4 is 19.5 Å². The maximum absolute atomic E-state index is 13.6. The molecule has 1 aliphatic carbocycles. The molecule has 1 amide bonds. The Morgan fingerprint density at radius 1 is 0.794 bits per heavy atom. The number of methoxy groups -OCH3 is 3. The van der Waals surface area contributed by atoms with Gasteiger partial charge in [0.05, 0.1) is 27.4 Å². The lowest BCUT2D eigenvalue weighted by atomic mass is 9.91. The van der Waals surface area contributed by atoms with Crippen molar-refractivity contribution in [2.45, 2.75) is 18.9 Å². The molecule has 5 rings (SSSR count). The van der Waals surface area contributed by atoms with Gasteiger partial charge in [-0.2, -0.15) is 0 Å². The fourth-order valence-electron chi connectivity index (χ4n) is 4.93. The van der Waals surface area contributed by atoms with Crippen LogP contribution in [0.2, 0.25) is 0 Å². The first-order chi connectivity index (χ1) is 16.6. The van der Waals surface area contributed by atoms with E-state index in [9.17, 15) is 4.79 Å². The van der Waals surface area contributed by atoms with Crippen molar-refractivity contribution < 1.29 is 19.0 Å². The number of benzene rings is 4. The number of carbonyl (C=O) groups is 1. The molecule has 172 valence electrons. The minimum absolute atomic E-state index is 0.226. The molecule has 0 saturated heterocycles. The molecule has 34 heavy (non-hydrogen) atoms. The van der Waals surface area contributed by atoms with Gasteiger partial charge >= 0.3 is 0 Å². The van der Waals surface area contributed by atoms with Gasteiger partial charge in [0, 0.05) is 5.56 Å². The minimum atomic E-state index is -0.322. The summed E-state index contributed by atoms with van der Waals surface area (Å²) in [5, 5.41) is 5.78. The normalized spacial score (nSPS) is 12.9. The lowest BCUT2D eigenvalue weighted by molar-refractivity contribution is 0.0942. The van der Waals surface area contributed by atoms with Crippen molar-refractivity contribution in [1.82, 2.24) is 5.32 Å². The first kappa shape index (κ1) is 21.8. The number of rotatable bonds is 7. The van der Waals surface area contributed by atoms with E-state index >= 15 is 0 Å². The maximum Gasteiger partial charge on any atom is 0.252 e. The molecule has 5 heteroatoms. The van der Waals surface area contributed by atoms with Crippen LogP contribution in [0.5, 0.6) is 17.2 Å². The fourth-order valence-corrected chi connectivity index (χ4v) is 4.93. The van der Waals surface area contributed by atoms with Gasteiger partial charge in [-0.25, -0.2) is 0 Å². The number of aryl methyl sites for hydroxylation is 2. The molecule has 0 fully saturated rings. The maximum atomic E-state index is 13.6. The number of carbonyl (C=O) groups excluding carboxylic acids is 1. The number of hydrogen-bond acceptors (Lipinski definition) is 4. The van der Waals surface area contributed by atoms with Gasteiger partial charge < -0.3 is 19.5 Å². The Balaban J connectivity index is 1.60. The third-order valence-electron chi connectivity index (χ3n) is 6.56. The van der Waals surface area contributed by atoms with Crippen LogP contribution in [0.1, 0.15) is 38.7 Å². The van der Waals surface area contributed by atoms with Crippen molar-refractivity contribution in [3.63, 3.8) is 0 Å². The molecule has 1 atom stereocenters. The Kier molecular flexibility index (Phi) is 5.84. The SMILES string of the molecule is COc1cc(C(=O)NC(c2ccccc2)c2ccc3c4c(cccc24)CC3)cc(OC)c1OC. The van der Waals surface area contributed by atoms with Crippen LogP contribution in [0.25, 0.3) is 10.8 Å². The highest BCUT2D eigenvalue weighted by Gasteiger charge is 2.24. The average Bonchev–Trinajstić information content (AvgIpc) is 3.32. The summed E-state index contributed by atoms with van der Waals surface area (Å²) < 4.78 is 16.3. The second kappa shape index (κ2) is 9.10. The van der Waals surface area contributed by atoms with Crippen LogP contribution in [0.15, 0.2) is 72.8 Å². The highest BCUT2D eigenvalue weighted by molar-refractivity contribution is 5.98. The van der Waals surface area contributed by atoms with Gasteiger partial charge in [0.1, 0.15) is 0 Å². The number of ether oxygens (including phenoxy) is 3. The fraction of sp³-hybridized carbons (Fsp3) is 0.207. The lowest BCUT2D eigenvalue weighted by Crippen LogP contribution is -2.29. The Morgan fingerprint density at radius 2 is 1.47 bits per heavy atom. The van der Waals surface area contributed by atoms with E-state index in [1.54, 1.807) is 33.5 Å². The van der Waals surface area contributed by atoms with Crippen LogP contribution >= 0.6 is 0 Å². The molecular formula is C29H27NO4. The zero-order chi connectivity index (χ0) is 23.7. The zero-order valence-electron chi connectivity index (χ0n) is 19.6. The molecule has 1 aliphatic rings. The molecule has 0 heterocycles. The van der Waals surface area contributed by atoms with Crippen molar-refractivity contribution in [2.75, 3.05) is 21.3 Å². The standard InChI is InChI=1S/C29H27NO4/c1-32-24-16-21(17-25(33-2)28(24)34-3)29(31)30-27(20-8-5-4-6-9-20)23-15-14-19-13-12-18-10-7-11-22(23)26(18)19/h4-11,14-17,27H,12-13H2,1-3H3,(H,30,31). The predicted molar refractivity (Wildman–Crippen MR) is 133 cm³/mol. The van der Waals surface area contributed by atoms with E-state index in [2.05, 4.69) is 35.6 Å². The highest BCUT2D eigenvalue weighted by Crippen LogP contribution is 2.39. The molecule has 4 aromatic carbocycles. The van der Waals surface area contributed by atoms with Crippen LogP contribution in [-0.4, -0.2) is 27.2 Å². The summed E-state index contributed by atoms with van der Waals surface area (Å²) in [6.07, 6.45) is 2.12. The van der Waals surface area contributed by atoms with Gasteiger partial charge in [0.2, 0.25) is 5.75 Å². The molecule has 0 aromatic heterocycles. The monoisotopic (exact) mass is 453 g/mol. The highest BCUT2D eigenvalue weighted by atomic mass is 16.5. The predicted octanol–water partition coefficient (Wildman–Crippen LogP) is 5.48. The second-order valence-corrected chi connectivity index (χ2v) is 8.38. The zero-order valence-corrected chi connectivity index (χ0v) is 19.6. The third kappa shape index (κ3) is 3.73. The van der Waals surface area contributed by atoms with E-state index in [4.69, 9.17) is 14.2 Å². The van der Waals surface area contributed by atoms with Crippen molar-refractivity contribution >= 4 is 16.7 Å². The van der Waals surface area contributed by atoms with Crippen molar-refractivity contribution in [2.24, 2.45) is 0 Å². The molecule has 0 spiro atoms. The molecule has 1 unspecified atom stereocenters. The van der Waals surface area contributed by atoms with Gasteiger partial charge in [-0.3, -0.25) is 4.79 Å². The summed E-state index contributed by atoms with van der Waals surface area (Å²) in [5.74, 6) is 1.10. The molecule has 0 radical (unpaired) electrons. The van der Waals surface area contributed by atoms with E-state index in [-0.39, 0.29) is 11.9 Å². The van der Waals surface area contributed by atoms with Crippen molar-refractivity contribution in [1.29, 1.82) is 0 Å². The van der Waals surface area contributed by atoms with E-state index in [1.165, 1.54) is 21.9 Å². The van der Waals surface area contributed by atoms with Gasteiger partial charge in [-0.15, -0.1) is 0 Å². The van der Waals surface area contributed by atoms with E-state index < -0.39 is 0 Å². The first-order valence-electron chi connectivity index (χ1n) is 11.3. The third-order valence-corrected chi connectivity index (χ3v) is 6.56. The van der Waals surface area contributed by atoms with E-state index in [0.29, 0.717) is 22.8 Å². The smallest absolute Gasteiger partial charge is 0.252 e. The lowest BCUT2D eigenvalue weighted by Gasteiger charge is -2.23. The first-order valence-corrected chi connectivity index (χ1v) is 11.3. The van der Waals surface area contributed by atoms with Crippen LogP contribution in [0.3, 0.4) is 0 Å². The number of hydrogen-bond donors (Lipinski definition) is 1. The molecule has 0 aliphatic heterocycles. The quantitative estimate of drug-likeness (QED) is 0.402. The molecule has 0 saturated carbocycles. The van der Waals surface area contributed by atoms with Gasteiger partial charge in [0.15, 0.2) is 11.5 Å². The van der Waals surface area contributed by atoms with E-state index in [0.717, 1.165) is 24.0 Å². The summed E-state index contributed by atoms with van der Waals surface area (Å²) in [6.45, 7) is 0.